The van der Waals surface area contributed by atoms with E-state index in [1.54, 1.807) is 6.20 Å². The van der Waals surface area contributed by atoms with Gasteiger partial charge in [0.15, 0.2) is 0 Å². The number of aryl methyl sites for hydroxylation is 1. The predicted octanol–water partition coefficient (Wildman–Crippen LogP) is 2.61. The van der Waals surface area contributed by atoms with E-state index in [1.807, 2.05) is 0 Å². The van der Waals surface area contributed by atoms with Gasteiger partial charge in [-0.05, 0) is 34.5 Å². The molecular weight excluding hydrogens is 268 g/mol. The van der Waals surface area contributed by atoms with Gasteiger partial charge in [-0.3, -0.25) is 15.1 Å². The van der Waals surface area contributed by atoms with Gasteiger partial charge in [-0.1, -0.05) is 0 Å². The van der Waals surface area contributed by atoms with Gasteiger partial charge in [-0.2, -0.15) is 12.6 Å². The van der Waals surface area contributed by atoms with E-state index in [-0.39, 0.29) is 5.69 Å². The predicted molar refractivity (Wildman–Crippen MR) is 60.8 cm³/mol. The molecule has 0 saturated carbocycles. The standard InChI is InChI=1S/C8H9BrN2O2S/c9-6-4-8(11(12)13)7(10-5-6)2-1-3-14/h4-5,14H,1-3H2. The molecule has 0 fully saturated rings. The summed E-state index contributed by atoms with van der Waals surface area (Å²) in [7, 11) is 0. The molecule has 1 aromatic rings. The summed E-state index contributed by atoms with van der Waals surface area (Å²) in [5.74, 6) is 0.703. The molecule has 1 rings (SSSR count). The van der Waals surface area contributed by atoms with E-state index in [1.165, 1.54) is 6.07 Å². The summed E-state index contributed by atoms with van der Waals surface area (Å²) in [6, 6.07) is 1.47. The molecule has 0 bridgehead atoms. The summed E-state index contributed by atoms with van der Waals surface area (Å²) >= 11 is 7.20. The van der Waals surface area contributed by atoms with Gasteiger partial charge in [0.25, 0.3) is 5.69 Å². The normalized spacial score (nSPS) is 10.1. The Morgan fingerprint density at radius 3 is 2.93 bits per heavy atom. The monoisotopic (exact) mass is 276 g/mol. The van der Waals surface area contributed by atoms with Crippen LogP contribution in [-0.4, -0.2) is 15.7 Å². The molecule has 0 saturated heterocycles. The SMILES string of the molecule is O=[N+]([O-])c1cc(Br)cnc1CCCS. The Kier molecular flexibility index (Phi) is 4.34. The third kappa shape index (κ3) is 2.95. The maximum Gasteiger partial charge on any atom is 0.291 e. The maximum absolute atomic E-state index is 10.7. The Hall–Kier alpha value is -0.620. The van der Waals surface area contributed by atoms with E-state index in [0.29, 0.717) is 22.3 Å². The van der Waals surface area contributed by atoms with Crippen molar-refractivity contribution in [3.63, 3.8) is 0 Å². The fourth-order valence-corrected chi connectivity index (χ4v) is 1.53. The van der Waals surface area contributed by atoms with Gasteiger partial charge in [-0.25, -0.2) is 0 Å². The molecule has 0 unspecified atom stereocenters. The minimum absolute atomic E-state index is 0.0705. The summed E-state index contributed by atoms with van der Waals surface area (Å²) in [4.78, 5) is 14.3. The van der Waals surface area contributed by atoms with Crippen molar-refractivity contribution in [2.45, 2.75) is 12.8 Å². The van der Waals surface area contributed by atoms with Crippen LogP contribution >= 0.6 is 28.6 Å². The van der Waals surface area contributed by atoms with Crippen LogP contribution in [0.5, 0.6) is 0 Å². The first-order chi connectivity index (χ1) is 6.65. The summed E-state index contributed by atoms with van der Waals surface area (Å²) in [6.45, 7) is 0. The van der Waals surface area contributed by atoms with Gasteiger partial charge < -0.3 is 0 Å². The smallest absolute Gasteiger partial charge is 0.258 e. The van der Waals surface area contributed by atoms with Crippen molar-refractivity contribution in [3.05, 3.63) is 32.5 Å². The largest absolute Gasteiger partial charge is 0.291 e. The lowest BCUT2D eigenvalue weighted by Crippen LogP contribution is -1.99. The highest BCUT2D eigenvalue weighted by atomic mass is 79.9. The van der Waals surface area contributed by atoms with Gasteiger partial charge in [-0.15, -0.1) is 0 Å². The second kappa shape index (κ2) is 5.31. The molecule has 6 heteroatoms. The average molecular weight is 277 g/mol. The fourth-order valence-electron chi connectivity index (χ4n) is 1.05. The third-order valence-electron chi connectivity index (χ3n) is 1.68. The van der Waals surface area contributed by atoms with Crippen molar-refractivity contribution in [2.24, 2.45) is 0 Å². The molecule has 4 nitrogen and oxygen atoms in total. The zero-order valence-corrected chi connectivity index (χ0v) is 9.79. The minimum atomic E-state index is -0.411. The molecule has 0 aliphatic rings. The maximum atomic E-state index is 10.7. The molecule has 0 aliphatic heterocycles. The lowest BCUT2D eigenvalue weighted by atomic mass is 10.2. The van der Waals surface area contributed by atoms with Crippen molar-refractivity contribution in [3.8, 4) is 0 Å². The van der Waals surface area contributed by atoms with Gasteiger partial charge in [0, 0.05) is 16.7 Å². The zero-order chi connectivity index (χ0) is 10.6. The summed E-state index contributed by atoms with van der Waals surface area (Å²) < 4.78 is 0.624. The van der Waals surface area contributed by atoms with E-state index < -0.39 is 4.92 Å². The first kappa shape index (κ1) is 11.5. The number of thiol groups is 1. The van der Waals surface area contributed by atoms with Crippen molar-refractivity contribution >= 4 is 34.2 Å². The number of halogens is 1. The molecule has 0 spiro atoms. The first-order valence-corrected chi connectivity index (χ1v) is 5.47. The highest BCUT2D eigenvalue weighted by Crippen LogP contribution is 2.22. The van der Waals surface area contributed by atoms with Crippen LogP contribution in [0.3, 0.4) is 0 Å². The second-order valence-electron chi connectivity index (χ2n) is 2.70. The first-order valence-electron chi connectivity index (χ1n) is 4.05. The Morgan fingerprint density at radius 1 is 1.64 bits per heavy atom. The topological polar surface area (TPSA) is 56.0 Å². The van der Waals surface area contributed by atoms with Crippen LogP contribution in [0, 0.1) is 10.1 Å². The lowest BCUT2D eigenvalue weighted by molar-refractivity contribution is -0.386. The number of hydrogen-bond donors (Lipinski definition) is 1. The number of nitrogens with zero attached hydrogens (tertiary/aromatic N) is 2. The van der Waals surface area contributed by atoms with Crippen LogP contribution < -0.4 is 0 Å². The molecule has 0 N–H and O–H groups in total. The molecule has 0 aromatic carbocycles. The van der Waals surface area contributed by atoms with Crippen molar-refractivity contribution in [1.82, 2.24) is 4.98 Å². The van der Waals surface area contributed by atoms with Gasteiger partial charge in [0.2, 0.25) is 0 Å². The number of hydrogen-bond acceptors (Lipinski definition) is 4. The summed E-state index contributed by atoms with van der Waals surface area (Å²) in [6.07, 6.45) is 2.95. The van der Waals surface area contributed by atoms with Crippen LogP contribution in [-0.2, 0) is 6.42 Å². The van der Waals surface area contributed by atoms with Crippen LogP contribution in [0.2, 0.25) is 0 Å². The quantitative estimate of drug-likeness (QED) is 0.523. The van der Waals surface area contributed by atoms with Crippen molar-refractivity contribution in [1.29, 1.82) is 0 Å². The third-order valence-corrected chi connectivity index (χ3v) is 2.43. The molecule has 1 aromatic heterocycles. The van der Waals surface area contributed by atoms with Crippen molar-refractivity contribution in [2.75, 3.05) is 5.75 Å². The molecule has 1 heterocycles. The van der Waals surface area contributed by atoms with E-state index in [4.69, 9.17) is 0 Å². The van der Waals surface area contributed by atoms with E-state index >= 15 is 0 Å². The number of rotatable bonds is 4. The molecule has 0 aliphatic carbocycles. The summed E-state index contributed by atoms with van der Waals surface area (Å²) in [5.41, 5.74) is 0.591. The molecule has 14 heavy (non-hydrogen) atoms. The van der Waals surface area contributed by atoms with E-state index in [9.17, 15) is 10.1 Å². The second-order valence-corrected chi connectivity index (χ2v) is 4.07. The van der Waals surface area contributed by atoms with E-state index in [2.05, 4.69) is 33.5 Å². The average Bonchev–Trinajstić information content (AvgIpc) is 2.15. The Morgan fingerprint density at radius 2 is 2.36 bits per heavy atom. The molecular formula is C8H9BrN2O2S. The molecule has 76 valence electrons. The van der Waals surface area contributed by atoms with Crippen LogP contribution in [0.25, 0.3) is 0 Å². The number of nitro groups is 1. The number of pyridine rings is 1. The Labute approximate surface area is 95.4 Å². The van der Waals surface area contributed by atoms with Gasteiger partial charge >= 0.3 is 0 Å². The van der Waals surface area contributed by atoms with Crippen LogP contribution in [0.15, 0.2) is 16.7 Å². The highest BCUT2D eigenvalue weighted by Gasteiger charge is 2.14. The molecule has 0 radical (unpaired) electrons. The summed E-state index contributed by atoms with van der Waals surface area (Å²) in [5, 5.41) is 10.7. The van der Waals surface area contributed by atoms with Crippen molar-refractivity contribution < 1.29 is 4.92 Å². The van der Waals surface area contributed by atoms with E-state index in [0.717, 1.165) is 6.42 Å². The molecule has 0 amide bonds. The van der Waals surface area contributed by atoms with Gasteiger partial charge in [0.1, 0.15) is 5.69 Å². The van der Waals surface area contributed by atoms with Gasteiger partial charge in [0.05, 0.1) is 4.92 Å². The Bertz CT molecular complexity index is 346. The van der Waals surface area contributed by atoms with Crippen LogP contribution in [0.4, 0.5) is 5.69 Å². The molecule has 0 atom stereocenters. The lowest BCUT2D eigenvalue weighted by Gasteiger charge is -2.00. The Balaban J connectivity index is 2.96. The fraction of sp³-hybridized carbons (Fsp3) is 0.375. The minimum Gasteiger partial charge on any atom is -0.258 e. The highest BCUT2D eigenvalue weighted by molar-refractivity contribution is 9.10. The number of aromatic nitrogens is 1. The van der Waals surface area contributed by atoms with Crippen LogP contribution in [0.1, 0.15) is 12.1 Å². The zero-order valence-electron chi connectivity index (χ0n) is 7.31.